The Morgan fingerprint density at radius 3 is 2.48 bits per heavy atom. The summed E-state index contributed by atoms with van der Waals surface area (Å²) in [5.74, 6) is 0.858. The number of rotatable bonds is 4. The molecule has 0 radical (unpaired) electrons. The number of nitrogens with zero attached hydrogens (tertiary/aromatic N) is 1. The standard InChI is InChI=1S/C21H16FNO2/c1-24-16-9-7-14-8-10-21(25-2)19(18(14)12-16)11-15(13-23)17-5-3-4-6-20(17)22/h3-12H,1-2H3. The quantitative estimate of drug-likeness (QED) is 0.495. The Balaban J connectivity index is 2.29. The fraction of sp³-hybridized carbons (Fsp3) is 0.0952. The van der Waals surface area contributed by atoms with Crippen molar-refractivity contribution in [2.24, 2.45) is 0 Å². The van der Waals surface area contributed by atoms with E-state index in [0.717, 1.165) is 10.8 Å². The molecule has 0 aliphatic carbocycles. The molecule has 0 aliphatic rings. The molecule has 0 N–H and O–H groups in total. The molecule has 25 heavy (non-hydrogen) atoms. The van der Waals surface area contributed by atoms with Crippen LogP contribution in [0.4, 0.5) is 4.39 Å². The minimum atomic E-state index is -0.438. The van der Waals surface area contributed by atoms with Crippen LogP contribution in [0.25, 0.3) is 22.4 Å². The monoisotopic (exact) mass is 333 g/mol. The summed E-state index contributed by atoms with van der Waals surface area (Å²) in [4.78, 5) is 0. The van der Waals surface area contributed by atoms with Crippen molar-refractivity contribution in [3.63, 3.8) is 0 Å². The number of halogens is 1. The molecule has 124 valence electrons. The van der Waals surface area contributed by atoms with E-state index in [9.17, 15) is 9.65 Å². The molecule has 3 aromatic rings. The summed E-state index contributed by atoms with van der Waals surface area (Å²) >= 11 is 0. The number of benzene rings is 3. The lowest BCUT2D eigenvalue weighted by Crippen LogP contribution is -1.92. The Kier molecular flexibility index (Phi) is 4.67. The van der Waals surface area contributed by atoms with Gasteiger partial charge in [-0.2, -0.15) is 5.26 Å². The highest BCUT2D eigenvalue weighted by atomic mass is 19.1. The Labute approximate surface area is 145 Å². The number of hydrogen-bond acceptors (Lipinski definition) is 3. The Bertz CT molecular complexity index is 997. The zero-order valence-electron chi connectivity index (χ0n) is 13.9. The molecule has 0 fully saturated rings. The lowest BCUT2D eigenvalue weighted by atomic mass is 9.98. The number of nitriles is 1. The van der Waals surface area contributed by atoms with Crippen LogP contribution in [0.15, 0.2) is 54.6 Å². The van der Waals surface area contributed by atoms with Gasteiger partial charge in [-0.05, 0) is 41.1 Å². The van der Waals surface area contributed by atoms with Crippen LogP contribution in [0.1, 0.15) is 11.1 Å². The van der Waals surface area contributed by atoms with E-state index in [4.69, 9.17) is 9.47 Å². The maximum atomic E-state index is 14.1. The molecule has 0 heterocycles. The molecule has 0 spiro atoms. The Morgan fingerprint density at radius 2 is 1.80 bits per heavy atom. The van der Waals surface area contributed by atoms with E-state index in [1.54, 1.807) is 38.5 Å². The number of ether oxygens (including phenoxy) is 2. The van der Waals surface area contributed by atoms with Crippen molar-refractivity contribution in [2.45, 2.75) is 0 Å². The van der Waals surface area contributed by atoms with E-state index in [-0.39, 0.29) is 11.1 Å². The third-order valence-electron chi connectivity index (χ3n) is 4.02. The van der Waals surface area contributed by atoms with E-state index in [2.05, 4.69) is 6.07 Å². The lowest BCUT2D eigenvalue weighted by molar-refractivity contribution is 0.413. The van der Waals surface area contributed by atoms with Gasteiger partial charge in [-0.25, -0.2) is 4.39 Å². The van der Waals surface area contributed by atoms with Gasteiger partial charge >= 0.3 is 0 Å². The fourth-order valence-electron chi connectivity index (χ4n) is 2.75. The molecule has 3 aromatic carbocycles. The first kappa shape index (κ1) is 16.5. The summed E-state index contributed by atoms with van der Waals surface area (Å²) in [7, 11) is 3.16. The first-order valence-electron chi connectivity index (χ1n) is 7.69. The van der Waals surface area contributed by atoms with Crippen LogP contribution in [-0.2, 0) is 0 Å². The number of methoxy groups -OCH3 is 2. The number of fused-ring (bicyclic) bond motifs is 1. The van der Waals surface area contributed by atoms with Gasteiger partial charge in [0.15, 0.2) is 0 Å². The molecule has 0 aromatic heterocycles. The van der Waals surface area contributed by atoms with E-state index in [1.807, 2.05) is 30.3 Å². The Morgan fingerprint density at radius 1 is 1.04 bits per heavy atom. The first-order chi connectivity index (χ1) is 12.2. The van der Waals surface area contributed by atoms with Gasteiger partial charge in [-0.1, -0.05) is 30.3 Å². The van der Waals surface area contributed by atoms with Crippen molar-refractivity contribution in [3.05, 3.63) is 71.5 Å². The molecular formula is C21H16FNO2. The van der Waals surface area contributed by atoms with Crippen LogP contribution in [0.5, 0.6) is 11.5 Å². The molecule has 0 atom stereocenters. The zero-order valence-corrected chi connectivity index (χ0v) is 13.9. The van der Waals surface area contributed by atoms with Gasteiger partial charge in [-0.3, -0.25) is 0 Å². The predicted molar refractivity (Wildman–Crippen MR) is 96.9 cm³/mol. The van der Waals surface area contributed by atoms with Gasteiger partial charge in [0.25, 0.3) is 0 Å². The third kappa shape index (κ3) is 3.17. The van der Waals surface area contributed by atoms with Crippen molar-refractivity contribution in [2.75, 3.05) is 14.2 Å². The number of allylic oxidation sites excluding steroid dienone is 1. The molecule has 3 rings (SSSR count). The molecule has 0 amide bonds. The van der Waals surface area contributed by atoms with Crippen molar-refractivity contribution in [1.29, 1.82) is 5.26 Å². The highest BCUT2D eigenvalue weighted by Crippen LogP contribution is 2.34. The van der Waals surface area contributed by atoms with Gasteiger partial charge in [0.2, 0.25) is 0 Å². The van der Waals surface area contributed by atoms with E-state index < -0.39 is 5.82 Å². The average Bonchev–Trinajstić information content (AvgIpc) is 2.66. The average molecular weight is 333 g/mol. The summed E-state index contributed by atoms with van der Waals surface area (Å²) in [6, 6.07) is 17.7. The van der Waals surface area contributed by atoms with Gasteiger partial charge in [0.05, 0.1) is 25.9 Å². The normalized spacial score (nSPS) is 11.2. The fourth-order valence-corrected chi connectivity index (χ4v) is 2.75. The van der Waals surface area contributed by atoms with Crippen LogP contribution in [0, 0.1) is 17.1 Å². The van der Waals surface area contributed by atoms with E-state index in [1.165, 1.54) is 6.07 Å². The van der Waals surface area contributed by atoms with Crippen molar-refractivity contribution >= 4 is 22.4 Å². The summed E-state index contributed by atoms with van der Waals surface area (Å²) in [6.45, 7) is 0. The molecular weight excluding hydrogens is 317 g/mol. The zero-order chi connectivity index (χ0) is 17.8. The van der Waals surface area contributed by atoms with Gasteiger partial charge < -0.3 is 9.47 Å². The van der Waals surface area contributed by atoms with Crippen LogP contribution in [0.2, 0.25) is 0 Å². The van der Waals surface area contributed by atoms with Gasteiger partial charge in [0.1, 0.15) is 17.3 Å². The predicted octanol–water partition coefficient (Wildman–Crippen LogP) is 5.06. The molecule has 4 heteroatoms. The van der Waals surface area contributed by atoms with Crippen molar-refractivity contribution in [3.8, 4) is 17.6 Å². The topological polar surface area (TPSA) is 42.2 Å². The molecule has 0 saturated heterocycles. The lowest BCUT2D eigenvalue weighted by Gasteiger charge is -2.11. The van der Waals surface area contributed by atoms with Crippen molar-refractivity contribution < 1.29 is 13.9 Å². The van der Waals surface area contributed by atoms with Crippen LogP contribution >= 0.6 is 0 Å². The number of hydrogen-bond donors (Lipinski definition) is 0. The SMILES string of the molecule is COc1ccc2ccc(OC)c(C=C(C#N)c3ccccc3F)c2c1. The van der Waals surface area contributed by atoms with E-state index >= 15 is 0 Å². The molecule has 0 unspecified atom stereocenters. The minimum absolute atomic E-state index is 0.228. The minimum Gasteiger partial charge on any atom is -0.497 e. The summed E-state index contributed by atoms with van der Waals surface area (Å²) < 4.78 is 24.9. The van der Waals surface area contributed by atoms with Crippen LogP contribution in [0.3, 0.4) is 0 Å². The molecule has 0 aliphatic heterocycles. The first-order valence-corrected chi connectivity index (χ1v) is 7.69. The molecule has 0 bridgehead atoms. The molecule has 0 saturated carbocycles. The van der Waals surface area contributed by atoms with Crippen LogP contribution in [-0.4, -0.2) is 14.2 Å². The van der Waals surface area contributed by atoms with Gasteiger partial charge in [-0.15, -0.1) is 0 Å². The highest BCUT2D eigenvalue weighted by molar-refractivity contribution is 6.00. The highest BCUT2D eigenvalue weighted by Gasteiger charge is 2.12. The Hall–Kier alpha value is -3.32. The second kappa shape index (κ2) is 7.06. The van der Waals surface area contributed by atoms with Crippen LogP contribution < -0.4 is 9.47 Å². The maximum Gasteiger partial charge on any atom is 0.131 e. The van der Waals surface area contributed by atoms with E-state index in [0.29, 0.717) is 17.1 Å². The van der Waals surface area contributed by atoms with Gasteiger partial charge in [0, 0.05) is 11.1 Å². The largest absolute Gasteiger partial charge is 0.497 e. The second-order valence-electron chi connectivity index (χ2n) is 5.42. The third-order valence-corrected chi connectivity index (χ3v) is 4.02. The molecule has 3 nitrogen and oxygen atoms in total. The maximum absolute atomic E-state index is 14.1. The van der Waals surface area contributed by atoms with Crippen molar-refractivity contribution in [1.82, 2.24) is 0 Å². The smallest absolute Gasteiger partial charge is 0.131 e. The second-order valence-corrected chi connectivity index (χ2v) is 5.42. The summed E-state index contributed by atoms with van der Waals surface area (Å²) in [5, 5.41) is 11.4. The summed E-state index contributed by atoms with van der Waals surface area (Å²) in [6.07, 6.45) is 1.65. The summed E-state index contributed by atoms with van der Waals surface area (Å²) in [5.41, 5.74) is 1.19.